The number of carbonyl (C=O) groups excluding carboxylic acids is 1. The van der Waals surface area contributed by atoms with Gasteiger partial charge < -0.3 is 9.80 Å². The number of fused-ring (bicyclic) bond motifs is 2. The Morgan fingerprint density at radius 3 is 2.68 bits per heavy atom. The minimum Gasteiger partial charge on any atom is -0.333 e. The molecule has 3 aliphatic rings. The predicted octanol–water partition coefficient (Wildman–Crippen LogP) is 4.96. The summed E-state index contributed by atoms with van der Waals surface area (Å²) in [7, 11) is 0. The van der Waals surface area contributed by atoms with Crippen LogP contribution < -0.4 is 0 Å². The van der Waals surface area contributed by atoms with Crippen molar-refractivity contribution in [3.8, 4) is 0 Å². The lowest BCUT2D eigenvalue weighted by Crippen LogP contribution is -2.58. The molecule has 0 aromatic heterocycles. The maximum atomic E-state index is 13.8. The molecule has 2 atom stereocenters. The van der Waals surface area contributed by atoms with Crippen LogP contribution in [0.15, 0.2) is 84.5 Å². The van der Waals surface area contributed by atoms with Gasteiger partial charge in [-0.15, -0.1) is 0 Å². The minimum atomic E-state index is -1.20. The first-order valence-corrected chi connectivity index (χ1v) is 11.0. The lowest BCUT2D eigenvalue weighted by molar-refractivity contribution is -0.134. The zero-order valence-electron chi connectivity index (χ0n) is 16.7. The standard InChI is InChI=1S/C25H20ClFN2OS/c26-20-11-9-19(10-12-20)25-16-18-4-1-2-7-22(18)24(31)29(25)15-14-28(25)23(30)17-5-3-6-21(27)13-8-17/h1-13,21H,14-16H2. The molecule has 0 spiro atoms. The first-order chi connectivity index (χ1) is 15.0. The molecule has 31 heavy (non-hydrogen) atoms. The van der Waals surface area contributed by atoms with Gasteiger partial charge in [-0.2, -0.15) is 0 Å². The van der Waals surface area contributed by atoms with Crippen molar-refractivity contribution < 1.29 is 9.18 Å². The third kappa shape index (κ3) is 3.24. The summed E-state index contributed by atoms with van der Waals surface area (Å²) in [4.78, 5) is 18.5. The van der Waals surface area contributed by atoms with E-state index in [-0.39, 0.29) is 5.91 Å². The molecule has 2 aromatic rings. The van der Waals surface area contributed by atoms with Crippen molar-refractivity contribution in [1.29, 1.82) is 0 Å². The second kappa shape index (κ2) is 7.74. The zero-order chi connectivity index (χ0) is 21.6. The van der Waals surface area contributed by atoms with E-state index in [1.54, 1.807) is 18.2 Å². The van der Waals surface area contributed by atoms with Crippen molar-refractivity contribution in [1.82, 2.24) is 9.80 Å². The summed E-state index contributed by atoms with van der Waals surface area (Å²) in [5.74, 6) is -0.144. The summed E-state index contributed by atoms with van der Waals surface area (Å²) in [6, 6.07) is 15.7. The molecular formula is C25H20ClFN2OS. The van der Waals surface area contributed by atoms with E-state index in [1.165, 1.54) is 12.2 Å². The van der Waals surface area contributed by atoms with Crippen LogP contribution in [0.25, 0.3) is 0 Å². The molecule has 3 nitrogen and oxygen atoms in total. The van der Waals surface area contributed by atoms with Crippen molar-refractivity contribution in [2.24, 2.45) is 0 Å². The van der Waals surface area contributed by atoms with Crippen LogP contribution in [-0.4, -0.2) is 40.0 Å². The van der Waals surface area contributed by atoms with Gasteiger partial charge in [-0.3, -0.25) is 4.79 Å². The first kappa shape index (κ1) is 20.2. The number of amides is 1. The van der Waals surface area contributed by atoms with Crippen LogP contribution in [0.1, 0.15) is 16.7 Å². The molecule has 0 N–H and O–H groups in total. The molecule has 2 heterocycles. The Kier molecular flexibility index (Phi) is 5.03. The van der Waals surface area contributed by atoms with E-state index in [9.17, 15) is 9.18 Å². The largest absolute Gasteiger partial charge is 0.333 e. The smallest absolute Gasteiger partial charge is 0.256 e. The van der Waals surface area contributed by atoms with Gasteiger partial charge in [0, 0.05) is 35.7 Å². The number of halogens is 2. The second-order valence-electron chi connectivity index (χ2n) is 7.88. The van der Waals surface area contributed by atoms with Gasteiger partial charge in [0.25, 0.3) is 5.91 Å². The molecule has 2 aromatic carbocycles. The lowest BCUT2D eigenvalue weighted by Gasteiger charge is -2.48. The van der Waals surface area contributed by atoms with Gasteiger partial charge in [-0.1, -0.05) is 72.4 Å². The Bertz CT molecular complexity index is 1160. The number of alkyl halides is 1. The van der Waals surface area contributed by atoms with Crippen LogP contribution in [0.2, 0.25) is 5.02 Å². The van der Waals surface area contributed by atoms with Gasteiger partial charge in [0.1, 0.15) is 16.8 Å². The van der Waals surface area contributed by atoms with Crippen molar-refractivity contribution in [3.05, 3.63) is 106 Å². The van der Waals surface area contributed by atoms with Crippen LogP contribution in [-0.2, 0) is 16.9 Å². The normalized spacial score (nSPS) is 24.5. The van der Waals surface area contributed by atoms with Crippen molar-refractivity contribution in [2.45, 2.75) is 18.3 Å². The fraction of sp³-hybridized carbons (Fsp3) is 0.200. The molecule has 156 valence electrons. The molecule has 5 rings (SSSR count). The SMILES string of the molecule is O=C(C1=CC=CC(F)C=C1)N1CCN2C(=S)c3ccccc3CC12c1ccc(Cl)cc1. The molecule has 1 saturated heterocycles. The summed E-state index contributed by atoms with van der Waals surface area (Å²) >= 11 is 12.1. The van der Waals surface area contributed by atoms with Crippen LogP contribution in [0.5, 0.6) is 0 Å². The average molecular weight is 451 g/mol. The topological polar surface area (TPSA) is 23.6 Å². The number of benzene rings is 2. The highest BCUT2D eigenvalue weighted by atomic mass is 35.5. The van der Waals surface area contributed by atoms with E-state index >= 15 is 0 Å². The van der Waals surface area contributed by atoms with E-state index in [0.29, 0.717) is 30.1 Å². The number of nitrogens with zero attached hydrogens (tertiary/aromatic N) is 2. The molecule has 0 bridgehead atoms. The zero-order valence-corrected chi connectivity index (χ0v) is 18.2. The third-order valence-corrected chi connectivity index (χ3v) is 6.89. The second-order valence-corrected chi connectivity index (χ2v) is 8.70. The maximum Gasteiger partial charge on any atom is 0.256 e. The minimum absolute atomic E-state index is 0.144. The highest BCUT2D eigenvalue weighted by molar-refractivity contribution is 7.80. The number of rotatable bonds is 2. The molecule has 0 radical (unpaired) electrons. The summed E-state index contributed by atoms with van der Waals surface area (Å²) in [5.41, 5.74) is 2.79. The first-order valence-electron chi connectivity index (χ1n) is 10.2. The van der Waals surface area contributed by atoms with E-state index in [4.69, 9.17) is 23.8 Å². The van der Waals surface area contributed by atoms with E-state index in [2.05, 4.69) is 11.0 Å². The number of carbonyl (C=O) groups is 1. The van der Waals surface area contributed by atoms with Crippen LogP contribution in [0, 0.1) is 0 Å². The number of hydrogen-bond donors (Lipinski definition) is 0. The Morgan fingerprint density at radius 2 is 1.87 bits per heavy atom. The average Bonchev–Trinajstić information content (AvgIpc) is 3.03. The molecule has 0 saturated carbocycles. The van der Waals surface area contributed by atoms with Gasteiger partial charge in [-0.05, 0) is 41.5 Å². The summed E-state index contributed by atoms with van der Waals surface area (Å²) in [5, 5.41) is 0.634. The highest BCUT2D eigenvalue weighted by Crippen LogP contribution is 2.46. The molecular weight excluding hydrogens is 431 g/mol. The monoisotopic (exact) mass is 450 g/mol. The molecule has 1 aliphatic carbocycles. The van der Waals surface area contributed by atoms with Gasteiger partial charge >= 0.3 is 0 Å². The number of thiocarbonyl (C=S) groups is 1. The summed E-state index contributed by atoms with van der Waals surface area (Å²) in [6.07, 6.45) is 7.07. The van der Waals surface area contributed by atoms with Crippen LogP contribution in [0.4, 0.5) is 4.39 Å². The number of allylic oxidation sites excluding steroid dienone is 4. The van der Waals surface area contributed by atoms with Crippen LogP contribution in [0.3, 0.4) is 0 Å². The molecule has 1 fully saturated rings. The fourth-order valence-electron chi connectivity index (χ4n) is 4.75. The fourth-order valence-corrected chi connectivity index (χ4v) is 5.32. The van der Waals surface area contributed by atoms with Crippen molar-refractivity contribution in [2.75, 3.05) is 13.1 Å². The van der Waals surface area contributed by atoms with E-state index in [1.807, 2.05) is 47.4 Å². The Balaban J connectivity index is 1.66. The van der Waals surface area contributed by atoms with Gasteiger partial charge in [0.2, 0.25) is 0 Å². The summed E-state index contributed by atoms with van der Waals surface area (Å²) < 4.78 is 13.8. The predicted molar refractivity (Wildman–Crippen MR) is 125 cm³/mol. The number of hydrogen-bond acceptors (Lipinski definition) is 2. The lowest BCUT2D eigenvalue weighted by atomic mass is 9.84. The maximum absolute atomic E-state index is 13.8. The van der Waals surface area contributed by atoms with Crippen LogP contribution >= 0.6 is 23.8 Å². The molecule has 2 unspecified atom stereocenters. The van der Waals surface area contributed by atoms with E-state index in [0.717, 1.165) is 21.7 Å². The molecule has 1 amide bonds. The highest BCUT2D eigenvalue weighted by Gasteiger charge is 2.54. The van der Waals surface area contributed by atoms with Gasteiger partial charge in [0.05, 0.1) is 0 Å². The Hall–Kier alpha value is -2.76. The third-order valence-electron chi connectivity index (χ3n) is 6.20. The molecule has 2 aliphatic heterocycles. The Labute approximate surface area is 191 Å². The van der Waals surface area contributed by atoms with E-state index < -0.39 is 11.8 Å². The quantitative estimate of drug-likeness (QED) is 0.604. The summed E-state index contributed by atoms with van der Waals surface area (Å²) in [6.45, 7) is 1.14. The van der Waals surface area contributed by atoms with Gasteiger partial charge in [0.15, 0.2) is 0 Å². The van der Waals surface area contributed by atoms with Crippen molar-refractivity contribution in [3.63, 3.8) is 0 Å². The van der Waals surface area contributed by atoms with Crippen molar-refractivity contribution >= 4 is 34.7 Å². The Morgan fingerprint density at radius 1 is 1.10 bits per heavy atom. The molecule has 6 heteroatoms. The van der Waals surface area contributed by atoms with Gasteiger partial charge in [-0.25, -0.2) is 4.39 Å².